The molecule has 3 aromatic rings. The lowest BCUT2D eigenvalue weighted by Gasteiger charge is -2.42. The Bertz CT molecular complexity index is 1330. The molecule has 0 bridgehead atoms. The molecular weight excluding hydrogens is 472 g/mol. The van der Waals surface area contributed by atoms with Gasteiger partial charge in [-0.1, -0.05) is 91.0 Å². The number of hydrogen-bond donors (Lipinski definition) is 3. The zero-order valence-corrected chi connectivity index (χ0v) is 21.3. The number of carbonyl (C=O) groups excluding carboxylic acids is 1. The van der Waals surface area contributed by atoms with Gasteiger partial charge in [0.15, 0.2) is 11.5 Å². The highest BCUT2D eigenvalue weighted by atomic mass is 16.1. The Hall–Kier alpha value is -4.26. The quantitative estimate of drug-likeness (QED) is 0.169. The van der Waals surface area contributed by atoms with Gasteiger partial charge in [0, 0.05) is 11.5 Å². The predicted octanol–water partition coefficient (Wildman–Crippen LogP) is 7.27. The zero-order valence-electron chi connectivity index (χ0n) is 21.3. The molecule has 1 saturated carbocycles. The Morgan fingerprint density at radius 3 is 1.79 bits per heavy atom. The molecule has 4 N–H and O–H groups in total. The number of nitrogens with zero attached hydrogens (tertiary/aromatic N) is 3. The predicted molar refractivity (Wildman–Crippen MR) is 148 cm³/mol. The Kier molecular flexibility index (Phi) is 7.09. The minimum atomic E-state index is -0.855. The Labute approximate surface area is 222 Å². The fraction of sp³-hybridized carbons (Fsp3) is 0.290. The van der Waals surface area contributed by atoms with Gasteiger partial charge in [0.1, 0.15) is 5.70 Å². The maximum Gasteiger partial charge on any atom is 0.195 e. The minimum Gasteiger partial charge on any atom is -0.323 e. The largest absolute Gasteiger partial charge is 0.323 e. The van der Waals surface area contributed by atoms with Crippen LogP contribution < -0.4 is 5.84 Å². The van der Waals surface area contributed by atoms with Crippen LogP contribution in [0.15, 0.2) is 112 Å². The smallest absolute Gasteiger partial charge is 0.195 e. The van der Waals surface area contributed by atoms with Crippen molar-refractivity contribution in [2.24, 2.45) is 26.6 Å². The number of nitrogens with two attached hydrogens (primary N) is 1. The number of nitrogens with one attached hydrogen (secondary N) is 2. The zero-order chi connectivity index (χ0) is 26.6. The number of carbonyl (C=O) groups is 1. The fourth-order valence-electron chi connectivity index (χ4n) is 6.39. The summed E-state index contributed by atoms with van der Waals surface area (Å²) in [6.45, 7) is 0. The van der Waals surface area contributed by atoms with E-state index in [1.165, 1.54) is 11.1 Å². The molecular formula is C31H32N6O. The second-order valence-electron chi connectivity index (χ2n) is 10.3. The highest BCUT2D eigenvalue weighted by Gasteiger charge is 2.56. The summed E-state index contributed by atoms with van der Waals surface area (Å²) >= 11 is 0. The number of hydrazone groups is 1. The number of Topliss-reactive ketones (excluding diaryl/α,β-unsaturated/α-hetero) is 1. The van der Waals surface area contributed by atoms with Crippen LogP contribution in [-0.2, 0) is 4.79 Å². The van der Waals surface area contributed by atoms with Crippen LogP contribution in [0.2, 0.25) is 0 Å². The number of hydrogen-bond acceptors (Lipinski definition) is 7. The third-order valence-corrected chi connectivity index (χ3v) is 8.47. The molecule has 0 aliphatic heterocycles. The van der Waals surface area contributed by atoms with Crippen LogP contribution in [0.1, 0.15) is 61.1 Å². The molecule has 0 atom stereocenters. The Balaban J connectivity index is 1.43. The molecule has 0 heterocycles. The second kappa shape index (κ2) is 10.6. The van der Waals surface area contributed by atoms with Crippen molar-refractivity contribution < 1.29 is 4.79 Å². The van der Waals surface area contributed by atoms with Gasteiger partial charge in [0.2, 0.25) is 0 Å². The van der Waals surface area contributed by atoms with Crippen molar-refractivity contribution >= 4 is 17.1 Å². The maximum atomic E-state index is 13.7. The third-order valence-electron chi connectivity index (χ3n) is 8.47. The molecule has 1 spiro atoms. The Morgan fingerprint density at radius 1 is 0.789 bits per heavy atom. The number of benzene rings is 3. The molecule has 1 fully saturated rings. The van der Waals surface area contributed by atoms with Crippen LogP contribution in [-0.4, -0.2) is 17.0 Å². The third kappa shape index (κ3) is 4.38. The van der Waals surface area contributed by atoms with Gasteiger partial charge in [0.05, 0.1) is 11.0 Å². The molecule has 5 rings (SSSR count). The minimum absolute atomic E-state index is 0.0717. The van der Waals surface area contributed by atoms with E-state index in [1.54, 1.807) is 0 Å². The van der Waals surface area contributed by atoms with E-state index < -0.39 is 11.0 Å². The summed E-state index contributed by atoms with van der Waals surface area (Å²) in [4.78, 5) is 13.7. The highest BCUT2D eigenvalue weighted by molar-refractivity contribution is 6.54. The van der Waals surface area contributed by atoms with Gasteiger partial charge in [-0.2, -0.15) is 15.3 Å². The number of rotatable bonds is 8. The summed E-state index contributed by atoms with van der Waals surface area (Å²) in [5.41, 5.74) is 19.0. The van der Waals surface area contributed by atoms with E-state index in [9.17, 15) is 4.79 Å². The normalized spacial score (nSPS) is 24.3. The van der Waals surface area contributed by atoms with Crippen molar-refractivity contribution in [3.05, 3.63) is 113 Å². The van der Waals surface area contributed by atoms with E-state index in [-0.39, 0.29) is 23.1 Å². The molecule has 7 heteroatoms. The van der Waals surface area contributed by atoms with E-state index in [4.69, 9.17) is 16.9 Å². The summed E-state index contributed by atoms with van der Waals surface area (Å²) in [6, 6.07) is 30.6. The lowest BCUT2D eigenvalue weighted by atomic mass is 9.61. The summed E-state index contributed by atoms with van der Waals surface area (Å²) in [7, 11) is 0. The number of allylic oxidation sites excluding steroid dienone is 2. The summed E-state index contributed by atoms with van der Waals surface area (Å²) < 4.78 is 0. The molecule has 0 aromatic heterocycles. The van der Waals surface area contributed by atoms with E-state index in [0.29, 0.717) is 25.7 Å². The summed E-state index contributed by atoms with van der Waals surface area (Å²) in [6.07, 6.45) is 3.81. The SMILES string of the molecule is N=NC1=C(c2ccccc2)C2(CCC(CCC(c3ccccc3)c3ccccc3)(N=N)CC2)C(=O)C1=NN. The standard InChI is InChI=1S/C31H32N6O/c32-35-27-26(24-14-8-3-9-15-24)31(29(38)28(27)36-33)20-18-30(37-34,19-21-31)17-16-25(22-10-4-1-5-11-22)23-12-6-2-7-13-23/h1-15,25,32,34H,16-21,33H2. The molecule has 0 unspecified atom stereocenters. The Morgan fingerprint density at radius 2 is 1.32 bits per heavy atom. The van der Waals surface area contributed by atoms with Crippen LogP contribution in [0.4, 0.5) is 0 Å². The molecule has 0 amide bonds. The molecule has 3 aromatic carbocycles. The van der Waals surface area contributed by atoms with Gasteiger partial charge in [-0.05, 0) is 55.2 Å². The van der Waals surface area contributed by atoms with Gasteiger partial charge in [-0.3, -0.25) is 4.79 Å². The van der Waals surface area contributed by atoms with Gasteiger partial charge in [-0.25, -0.2) is 11.1 Å². The molecule has 2 aliphatic rings. The van der Waals surface area contributed by atoms with Crippen molar-refractivity contribution in [2.75, 3.05) is 0 Å². The first-order chi connectivity index (χ1) is 18.6. The molecule has 7 nitrogen and oxygen atoms in total. The second-order valence-corrected chi connectivity index (χ2v) is 10.3. The van der Waals surface area contributed by atoms with E-state index >= 15 is 0 Å². The first kappa shape index (κ1) is 25.4. The first-order valence-corrected chi connectivity index (χ1v) is 13.1. The topological polar surface area (TPSA) is 128 Å². The molecule has 0 radical (unpaired) electrons. The first-order valence-electron chi connectivity index (χ1n) is 13.1. The summed E-state index contributed by atoms with van der Waals surface area (Å²) in [5, 5.41) is 11.7. The molecule has 2 aliphatic carbocycles. The van der Waals surface area contributed by atoms with Crippen LogP contribution in [0.25, 0.3) is 5.57 Å². The van der Waals surface area contributed by atoms with E-state index in [1.807, 2.05) is 42.5 Å². The fourth-order valence-corrected chi connectivity index (χ4v) is 6.39. The van der Waals surface area contributed by atoms with Crippen LogP contribution in [0.5, 0.6) is 0 Å². The van der Waals surface area contributed by atoms with Crippen molar-refractivity contribution in [2.45, 2.75) is 50.0 Å². The van der Waals surface area contributed by atoms with Gasteiger partial charge < -0.3 is 5.84 Å². The van der Waals surface area contributed by atoms with Crippen molar-refractivity contribution in [3.8, 4) is 0 Å². The lowest BCUT2D eigenvalue weighted by molar-refractivity contribution is -0.120. The molecule has 0 saturated heterocycles. The highest BCUT2D eigenvalue weighted by Crippen LogP contribution is 2.57. The van der Waals surface area contributed by atoms with Crippen LogP contribution >= 0.6 is 0 Å². The van der Waals surface area contributed by atoms with Gasteiger partial charge in [-0.15, -0.1) is 0 Å². The summed E-state index contributed by atoms with van der Waals surface area (Å²) in [5.74, 6) is 5.66. The maximum absolute atomic E-state index is 13.7. The molecule has 192 valence electrons. The van der Waals surface area contributed by atoms with Gasteiger partial charge in [0.25, 0.3) is 0 Å². The van der Waals surface area contributed by atoms with E-state index in [0.717, 1.165) is 24.0 Å². The lowest BCUT2D eigenvalue weighted by Crippen LogP contribution is -2.42. The molecule has 38 heavy (non-hydrogen) atoms. The van der Waals surface area contributed by atoms with Crippen molar-refractivity contribution in [3.63, 3.8) is 0 Å². The van der Waals surface area contributed by atoms with Crippen LogP contribution in [0, 0.1) is 16.5 Å². The van der Waals surface area contributed by atoms with Crippen LogP contribution in [0.3, 0.4) is 0 Å². The number of ketones is 1. The van der Waals surface area contributed by atoms with E-state index in [2.05, 4.69) is 63.9 Å². The average molecular weight is 505 g/mol. The van der Waals surface area contributed by atoms with Crippen molar-refractivity contribution in [1.82, 2.24) is 0 Å². The van der Waals surface area contributed by atoms with Crippen molar-refractivity contribution in [1.29, 1.82) is 11.1 Å². The van der Waals surface area contributed by atoms with Gasteiger partial charge >= 0.3 is 0 Å². The average Bonchev–Trinajstić information content (AvgIpc) is 3.22. The monoisotopic (exact) mass is 504 g/mol.